The highest BCUT2D eigenvalue weighted by atomic mass is 35.5. The van der Waals surface area contributed by atoms with E-state index in [-0.39, 0.29) is 0 Å². The van der Waals surface area contributed by atoms with Gasteiger partial charge < -0.3 is 0 Å². The predicted octanol–water partition coefficient (Wildman–Crippen LogP) is 5.10. The maximum absolute atomic E-state index is 5.76. The fourth-order valence-electron chi connectivity index (χ4n) is 2.50. The Balaban J connectivity index is 1.93. The molecule has 0 N–H and O–H groups in total. The lowest BCUT2D eigenvalue weighted by Gasteiger charge is -2.22. The lowest BCUT2D eigenvalue weighted by molar-refractivity contribution is 0.251. The van der Waals surface area contributed by atoms with Crippen molar-refractivity contribution < 1.29 is 0 Å². The molecule has 0 aliphatic rings. The van der Waals surface area contributed by atoms with Crippen molar-refractivity contribution in [2.24, 2.45) is 0 Å². The van der Waals surface area contributed by atoms with Gasteiger partial charge in [-0.2, -0.15) is 0 Å². The third kappa shape index (κ3) is 6.33. The van der Waals surface area contributed by atoms with Crippen molar-refractivity contribution in [3.63, 3.8) is 0 Å². The van der Waals surface area contributed by atoms with E-state index >= 15 is 0 Å². The molecule has 0 unspecified atom stereocenters. The van der Waals surface area contributed by atoms with Crippen LogP contribution in [0.5, 0.6) is 0 Å². The van der Waals surface area contributed by atoms with Crippen molar-refractivity contribution in [1.29, 1.82) is 0 Å². The lowest BCUT2D eigenvalue weighted by Crippen LogP contribution is -2.24. The standard InChI is InChI=1S/C19H24ClN/c20-14-8-3-9-15-21(16-18-10-4-1-5-11-18)17-19-12-6-2-7-13-19/h1-2,4-7,10-13H,3,8-9,14-17H2. The van der Waals surface area contributed by atoms with Crippen molar-refractivity contribution >= 4 is 11.6 Å². The Bertz CT molecular complexity index is 442. The van der Waals surface area contributed by atoms with Crippen molar-refractivity contribution in [2.45, 2.75) is 32.4 Å². The molecule has 0 radical (unpaired) electrons. The molecule has 0 aliphatic heterocycles. The zero-order valence-electron chi connectivity index (χ0n) is 12.5. The van der Waals surface area contributed by atoms with Crippen molar-refractivity contribution in [2.75, 3.05) is 12.4 Å². The minimum atomic E-state index is 0.775. The Labute approximate surface area is 133 Å². The van der Waals surface area contributed by atoms with E-state index in [2.05, 4.69) is 65.6 Å². The number of hydrogen-bond donors (Lipinski definition) is 0. The van der Waals surface area contributed by atoms with Crippen LogP contribution in [0.2, 0.25) is 0 Å². The van der Waals surface area contributed by atoms with Gasteiger partial charge in [-0.05, 0) is 30.5 Å². The molecule has 0 saturated heterocycles. The zero-order chi connectivity index (χ0) is 14.8. The SMILES string of the molecule is ClCCCCCN(Cc1ccccc1)Cc1ccccc1. The molecule has 0 aromatic heterocycles. The topological polar surface area (TPSA) is 3.24 Å². The second-order valence-electron chi connectivity index (χ2n) is 5.43. The highest BCUT2D eigenvalue weighted by Crippen LogP contribution is 2.11. The first-order chi connectivity index (χ1) is 10.4. The van der Waals surface area contributed by atoms with Crippen LogP contribution in [0.3, 0.4) is 0 Å². The molecule has 0 fully saturated rings. The Morgan fingerprint density at radius 3 is 1.67 bits per heavy atom. The first-order valence-electron chi connectivity index (χ1n) is 7.74. The maximum atomic E-state index is 5.76. The Morgan fingerprint density at radius 1 is 0.667 bits per heavy atom. The van der Waals surface area contributed by atoms with Gasteiger partial charge in [-0.3, -0.25) is 4.90 Å². The van der Waals surface area contributed by atoms with Gasteiger partial charge >= 0.3 is 0 Å². The van der Waals surface area contributed by atoms with E-state index in [0.717, 1.165) is 31.9 Å². The predicted molar refractivity (Wildman–Crippen MR) is 91.6 cm³/mol. The molecule has 2 aromatic carbocycles. The van der Waals surface area contributed by atoms with Crippen LogP contribution in [0.25, 0.3) is 0 Å². The zero-order valence-corrected chi connectivity index (χ0v) is 13.3. The van der Waals surface area contributed by atoms with Gasteiger partial charge in [0, 0.05) is 19.0 Å². The second-order valence-corrected chi connectivity index (χ2v) is 5.81. The van der Waals surface area contributed by atoms with E-state index < -0.39 is 0 Å². The Hall–Kier alpha value is -1.31. The van der Waals surface area contributed by atoms with E-state index in [1.807, 2.05) is 0 Å². The van der Waals surface area contributed by atoms with Crippen molar-refractivity contribution in [3.05, 3.63) is 71.8 Å². The van der Waals surface area contributed by atoms with Gasteiger partial charge in [0.1, 0.15) is 0 Å². The molecule has 0 saturated carbocycles. The highest BCUT2D eigenvalue weighted by Gasteiger charge is 2.06. The summed E-state index contributed by atoms with van der Waals surface area (Å²) in [6.45, 7) is 3.15. The third-order valence-corrected chi connectivity index (χ3v) is 3.87. The van der Waals surface area contributed by atoms with Crippen LogP contribution in [0.4, 0.5) is 0 Å². The molecule has 2 aromatic rings. The Morgan fingerprint density at radius 2 is 1.19 bits per heavy atom. The molecule has 0 bridgehead atoms. The first kappa shape index (κ1) is 16.1. The number of hydrogen-bond acceptors (Lipinski definition) is 1. The fourth-order valence-corrected chi connectivity index (χ4v) is 2.69. The molecule has 112 valence electrons. The average molecular weight is 302 g/mol. The molecule has 1 nitrogen and oxygen atoms in total. The summed E-state index contributed by atoms with van der Waals surface area (Å²) < 4.78 is 0. The summed E-state index contributed by atoms with van der Waals surface area (Å²) in [5.74, 6) is 0.775. The van der Waals surface area contributed by atoms with Crippen LogP contribution in [0.1, 0.15) is 30.4 Å². The van der Waals surface area contributed by atoms with E-state index in [9.17, 15) is 0 Å². The summed E-state index contributed by atoms with van der Waals surface area (Å²) >= 11 is 5.76. The number of benzene rings is 2. The molecule has 0 heterocycles. The number of rotatable bonds is 9. The summed E-state index contributed by atoms with van der Waals surface area (Å²) in [4.78, 5) is 2.53. The number of nitrogens with zero attached hydrogens (tertiary/aromatic N) is 1. The van der Waals surface area contributed by atoms with Crippen molar-refractivity contribution in [3.8, 4) is 0 Å². The Kier molecular flexibility index (Phi) is 7.34. The van der Waals surface area contributed by atoms with E-state index in [1.54, 1.807) is 0 Å². The minimum Gasteiger partial charge on any atom is -0.295 e. The average Bonchev–Trinajstić information content (AvgIpc) is 2.53. The molecular formula is C19H24ClN. The second kappa shape index (κ2) is 9.59. The summed E-state index contributed by atoms with van der Waals surface area (Å²) in [5, 5.41) is 0. The molecule has 0 amide bonds. The summed E-state index contributed by atoms with van der Waals surface area (Å²) in [5.41, 5.74) is 2.76. The van der Waals surface area contributed by atoms with E-state index in [0.29, 0.717) is 0 Å². The smallest absolute Gasteiger partial charge is 0.0237 e. The van der Waals surface area contributed by atoms with E-state index in [4.69, 9.17) is 11.6 Å². The van der Waals surface area contributed by atoms with Gasteiger partial charge in [0.15, 0.2) is 0 Å². The number of unbranched alkanes of at least 4 members (excludes halogenated alkanes) is 2. The molecule has 0 aliphatic carbocycles. The minimum absolute atomic E-state index is 0.775. The molecule has 0 atom stereocenters. The van der Waals surface area contributed by atoms with Gasteiger partial charge in [0.05, 0.1) is 0 Å². The van der Waals surface area contributed by atoms with Crippen LogP contribution in [-0.2, 0) is 13.1 Å². The van der Waals surface area contributed by atoms with Gasteiger partial charge in [-0.25, -0.2) is 0 Å². The van der Waals surface area contributed by atoms with Crippen LogP contribution in [-0.4, -0.2) is 17.3 Å². The number of halogens is 1. The van der Waals surface area contributed by atoms with Gasteiger partial charge in [0.2, 0.25) is 0 Å². The first-order valence-corrected chi connectivity index (χ1v) is 8.28. The molecule has 2 heteroatoms. The monoisotopic (exact) mass is 301 g/mol. The summed E-state index contributed by atoms with van der Waals surface area (Å²) in [6.07, 6.45) is 3.54. The highest BCUT2D eigenvalue weighted by molar-refractivity contribution is 6.17. The lowest BCUT2D eigenvalue weighted by atomic mass is 10.1. The van der Waals surface area contributed by atoms with Crippen LogP contribution in [0, 0.1) is 0 Å². The third-order valence-electron chi connectivity index (χ3n) is 3.61. The summed E-state index contributed by atoms with van der Waals surface area (Å²) in [7, 11) is 0. The molecular weight excluding hydrogens is 278 g/mol. The van der Waals surface area contributed by atoms with Gasteiger partial charge in [0.25, 0.3) is 0 Å². The molecule has 21 heavy (non-hydrogen) atoms. The maximum Gasteiger partial charge on any atom is 0.0237 e. The normalized spacial score (nSPS) is 11.0. The largest absolute Gasteiger partial charge is 0.295 e. The van der Waals surface area contributed by atoms with Crippen LogP contribution >= 0.6 is 11.6 Å². The quantitative estimate of drug-likeness (QED) is 0.460. The summed E-state index contributed by atoms with van der Waals surface area (Å²) in [6, 6.07) is 21.4. The molecule has 2 rings (SSSR count). The van der Waals surface area contributed by atoms with E-state index in [1.165, 1.54) is 24.0 Å². The van der Waals surface area contributed by atoms with Gasteiger partial charge in [-0.15, -0.1) is 11.6 Å². The fraction of sp³-hybridized carbons (Fsp3) is 0.368. The molecule has 0 spiro atoms. The number of alkyl halides is 1. The van der Waals surface area contributed by atoms with Crippen LogP contribution in [0.15, 0.2) is 60.7 Å². The van der Waals surface area contributed by atoms with Crippen molar-refractivity contribution in [1.82, 2.24) is 4.90 Å². The van der Waals surface area contributed by atoms with Crippen LogP contribution < -0.4 is 0 Å². The van der Waals surface area contributed by atoms with Gasteiger partial charge in [-0.1, -0.05) is 67.1 Å².